The third-order valence-electron chi connectivity index (χ3n) is 5.59. The number of Topliss-reactive ketones (excluding diaryl/α,β-unsaturated/α-hetero) is 2. The van der Waals surface area contributed by atoms with Crippen LogP contribution in [0.4, 0.5) is 10.5 Å². The highest BCUT2D eigenvalue weighted by Gasteiger charge is 2.42. The van der Waals surface area contributed by atoms with Gasteiger partial charge >= 0.3 is 6.03 Å². The molecule has 3 N–H and O–H groups in total. The van der Waals surface area contributed by atoms with Crippen LogP contribution in [-0.2, 0) is 19.2 Å². The summed E-state index contributed by atoms with van der Waals surface area (Å²) in [6.07, 6.45) is -0.606. The van der Waals surface area contributed by atoms with Gasteiger partial charge in [0, 0.05) is 6.99 Å². The van der Waals surface area contributed by atoms with Gasteiger partial charge in [0.2, 0.25) is 17.6 Å². The number of amides is 5. The first-order chi connectivity index (χ1) is 16.7. The number of hydrogen-bond acceptors (Lipinski definition) is 6. The first-order valence-electron chi connectivity index (χ1n) is 10.5. The van der Waals surface area contributed by atoms with Gasteiger partial charge in [0.15, 0.2) is 5.78 Å². The van der Waals surface area contributed by atoms with Crippen LogP contribution in [0.3, 0.4) is 0 Å². The Morgan fingerprint density at radius 2 is 1.51 bits per heavy atom. The zero-order chi connectivity index (χ0) is 25.1. The summed E-state index contributed by atoms with van der Waals surface area (Å²) in [5.74, 6) is -8.16. The fraction of sp³-hybridized carbons (Fsp3) is 0.120. The molecule has 1 atom stereocenters. The fourth-order valence-corrected chi connectivity index (χ4v) is 3.96. The third kappa shape index (κ3) is 5.10. The van der Waals surface area contributed by atoms with Crippen molar-refractivity contribution in [2.75, 3.05) is 5.32 Å². The first kappa shape index (κ1) is 23.8. The fourth-order valence-electron chi connectivity index (χ4n) is 3.78. The molecule has 178 valence electrons. The second-order valence-corrected chi connectivity index (χ2v) is 8.28. The molecule has 9 nitrogen and oxygen atoms in total. The van der Waals surface area contributed by atoms with Crippen molar-refractivity contribution in [1.82, 2.24) is 10.6 Å². The van der Waals surface area contributed by atoms with Crippen LogP contribution in [0, 0.1) is 11.8 Å². The van der Waals surface area contributed by atoms with Crippen LogP contribution >= 0.6 is 11.6 Å². The maximum atomic E-state index is 13.4. The van der Waals surface area contributed by atoms with Crippen molar-refractivity contribution >= 4 is 63.4 Å². The van der Waals surface area contributed by atoms with Crippen LogP contribution < -0.4 is 16.0 Å². The number of barbiturate groups is 1. The number of fused-ring (bicyclic) bond motifs is 1. The number of halogens is 1. The number of benzene rings is 3. The van der Waals surface area contributed by atoms with Gasteiger partial charge in [-0.3, -0.25) is 34.6 Å². The van der Waals surface area contributed by atoms with Crippen molar-refractivity contribution < 1.29 is 30.2 Å². The molecule has 10 heteroatoms. The van der Waals surface area contributed by atoms with Crippen molar-refractivity contribution in [3.05, 3.63) is 77.3 Å². The van der Waals surface area contributed by atoms with Crippen LogP contribution in [0.5, 0.6) is 0 Å². The highest BCUT2D eigenvalue weighted by molar-refractivity contribution is 6.46. The summed E-state index contributed by atoms with van der Waals surface area (Å²) < 4.78 is 0. The Kier molecular flexibility index (Phi) is 6.70. The van der Waals surface area contributed by atoms with Crippen LogP contribution in [0.25, 0.3) is 10.8 Å². The highest BCUT2D eigenvalue weighted by Crippen LogP contribution is 2.25. The summed E-state index contributed by atoms with van der Waals surface area (Å²) in [5.41, 5.74) is 0.281. The van der Waals surface area contributed by atoms with Gasteiger partial charge in [-0.25, -0.2) is 4.79 Å². The molecule has 3 aromatic rings. The Hall–Kier alpha value is -4.37. The van der Waals surface area contributed by atoms with E-state index < -0.39 is 53.6 Å². The SMILES string of the molecule is O=C1NC(=O)C(CC(C(=O)C(=O)Nc2ccccc2Cl)C(=O)c2ccc3ccccc3c2)C(=O)N1.[HH]. The van der Waals surface area contributed by atoms with Gasteiger partial charge in [-0.2, -0.15) is 0 Å². The quantitative estimate of drug-likeness (QED) is 0.262. The number of imide groups is 2. The van der Waals surface area contributed by atoms with E-state index in [1.807, 2.05) is 22.8 Å². The number of para-hydroxylation sites is 1. The van der Waals surface area contributed by atoms with E-state index in [4.69, 9.17) is 11.6 Å². The van der Waals surface area contributed by atoms with E-state index in [1.54, 1.807) is 36.4 Å². The van der Waals surface area contributed by atoms with Crippen LogP contribution in [-0.4, -0.2) is 35.3 Å². The Balaban J connectivity index is 0.00000361. The predicted molar refractivity (Wildman–Crippen MR) is 129 cm³/mol. The lowest BCUT2D eigenvalue weighted by molar-refractivity contribution is -0.139. The topological polar surface area (TPSA) is 139 Å². The predicted octanol–water partition coefficient (Wildman–Crippen LogP) is 3.12. The number of rotatable bonds is 7. The summed E-state index contributed by atoms with van der Waals surface area (Å²) >= 11 is 6.04. The molecule has 0 aliphatic carbocycles. The summed E-state index contributed by atoms with van der Waals surface area (Å²) in [5, 5.41) is 7.99. The standard InChI is InChI=1S/C25H18ClN3O6.H2/c26-18-7-3-4-8-19(18)27-24(34)21(31)16(12-17-22(32)28-25(35)29-23(17)33)20(30)15-10-9-13-5-1-2-6-14(13)11-15;/h1-11,16-17H,12H2,(H,27,34)(H2,28,29,32,33,35);1H. The molecule has 0 spiro atoms. The molecule has 1 saturated heterocycles. The maximum absolute atomic E-state index is 13.4. The first-order valence-corrected chi connectivity index (χ1v) is 10.9. The lowest BCUT2D eigenvalue weighted by Gasteiger charge is -2.23. The van der Waals surface area contributed by atoms with Crippen molar-refractivity contribution in [2.45, 2.75) is 6.42 Å². The van der Waals surface area contributed by atoms with Crippen LogP contribution in [0.1, 0.15) is 18.2 Å². The molecule has 1 heterocycles. The molecule has 3 aromatic carbocycles. The number of ketones is 2. The Morgan fingerprint density at radius 3 is 2.20 bits per heavy atom. The van der Waals surface area contributed by atoms with E-state index >= 15 is 0 Å². The van der Waals surface area contributed by atoms with Crippen molar-refractivity contribution in [3.63, 3.8) is 0 Å². The number of hydrogen-bond donors (Lipinski definition) is 3. The summed E-state index contributed by atoms with van der Waals surface area (Å²) in [6, 6.07) is 17.2. The Morgan fingerprint density at radius 1 is 0.886 bits per heavy atom. The van der Waals surface area contributed by atoms with Gasteiger partial charge in [0.1, 0.15) is 5.92 Å². The zero-order valence-corrected chi connectivity index (χ0v) is 18.8. The molecular formula is C25H20ClN3O6. The van der Waals surface area contributed by atoms with E-state index in [2.05, 4.69) is 5.32 Å². The number of carbonyl (C=O) groups is 6. The number of nitrogens with one attached hydrogen (secondary N) is 3. The average molecular weight is 494 g/mol. The molecule has 0 bridgehead atoms. The lowest BCUT2D eigenvalue weighted by atomic mass is 9.83. The minimum Gasteiger partial charge on any atom is -0.318 e. The molecule has 5 amide bonds. The number of anilines is 1. The molecule has 1 unspecified atom stereocenters. The van der Waals surface area contributed by atoms with Gasteiger partial charge < -0.3 is 5.32 Å². The summed E-state index contributed by atoms with van der Waals surface area (Å²) in [4.78, 5) is 75.4. The van der Waals surface area contributed by atoms with E-state index in [0.29, 0.717) is 0 Å². The smallest absolute Gasteiger partial charge is 0.318 e. The summed E-state index contributed by atoms with van der Waals surface area (Å²) in [6.45, 7) is 0. The molecule has 1 aliphatic heterocycles. The van der Waals surface area contributed by atoms with Gasteiger partial charge in [-0.05, 0) is 35.4 Å². The van der Waals surface area contributed by atoms with Crippen molar-refractivity contribution in [3.8, 4) is 0 Å². The molecule has 0 saturated carbocycles. The van der Waals surface area contributed by atoms with Crippen molar-refractivity contribution in [2.24, 2.45) is 11.8 Å². The van der Waals surface area contributed by atoms with E-state index in [-0.39, 0.29) is 17.7 Å². The van der Waals surface area contributed by atoms with Crippen molar-refractivity contribution in [1.29, 1.82) is 0 Å². The molecule has 1 fully saturated rings. The van der Waals surface area contributed by atoms with E-state index in [9.17, 15) is 28.8 Å². The Labute approximate surface area is 205 Å². The largest absolute Gasteiger partial charge is 0.328 e. The van der Waals surface area contributed by atoms with Gasteiger partial charge in [0.05, 0.1) is 16.6 Å². The average Bonchev–Trinajstić information content (AvgIpc) is 2.84. The van der Waals surface area contributed by atoms with Gasteiger partial charge in [-0.15, -0.1) is 0 Å². The van der Waals surface area contributed by atoms with Crippen LogP contribution in [0.15, 0.2) is 66.7 Å². The minimum absolute atomic E-state index is 0. The van der Waals surface area contributed by atoms with Gasteiger partial charge in [0.25, 0.3) is 5.91 Å². The molecular weight excluding hydrogens is 474 g/mol. The highest BCUT2D eigenvalue weighted by atomic mass is 35.5. The monoisotopic (exact) mass is 493 g/mol. The second-order valence-electron chi connectivity index (χ2n) is 7.87. The maximum Gasteiger partial charge on any atom is 0.328 e. The second kappa shape index (κ2) is 9.86. The molecule has 1 aliphatic rings. The molecule has 4 rings (SSSR count). The molecule has 0 aromatic heterocycles. The normalized spacial score (nSPS) is 14.7. The van der Waals surface area contributed by atoms with E-state index in [1.165, 1.54) is 18.2 Å². The van der Waals surface area contributed by atoms with Crippen LogP contribution in [0.2, 0.25) is 5.02 Å². The number of urea groups is 1. The molecule has 35 heavy (non-hydrogen) atoms. The molecule has 0 radical (unpaired) electrons. The van der Waals surface area contributed by atoms with Gasteiger partial charge in [-0.1, -0.05) is 60.1 Å². The zero-order valence-electron chi connectivity index (χ0n) is 18.0. The Bertz CT molecular complexity index is 1390. The summed E-state index contributed by atoms with van der Waals surface area (Å²) in [7, 11) is 0. The third-order valence-corrected chi connectivity index (χ3v) is 5.92. The minimum atomic E-state index is -1.67. The van der Waals surface area contributed by atoms with E-state index in [0.717, 1.165) is 10.8 Å². The lowest BCUT2D eigenvalue weighted by Crippen LogP contribution is -2.56. The number of carbonyl (C=O) groups excluding carboxylic acids is 6.